The summed E-state index contributed by atoms with van der Waals surface area (Å²) >= 11 is 5.79. The molecule has 0 bridgehead atoms. The number of hydrogen-bond donors (Lipinski definition) is 0. The molecule has 0 aliphatic carbocycles. The first-order valence-corrected chi connectivity index (χ1v) is 7.86. The van der Waals surface area contributed by atoms with Crippen LogP contribution in [0.25, 0.3) is 0 Å². The molecular weight excluding hydrogens is 332 g/mol. The highest BCUT2D eigenvalue weighted by atomic mass is 35.5. The highest BCUT2D eigenvalue weighted by molar-refractivity contribution is 6.32. The van der Waals surface area contributed by atoms with Gasteiger partial charge in [0.15, 0.2) is 0 Å². The van der Waals surface area contributed by atoms with Crippen molar-refractivity contribution in [2.24, 2.45) is 0 Å². The van der Waals surface area contributed by atoms with E-state index in [9.17, 15) is 14.9 Å². The predicted octanol–water partition coefficient (Wildman–Crippen LogP) is 3.35. The number of nitrogens with zero attached hydrogens (tertiary/aromatic N) is 4. The van der Waals surface area contributed by atoms with Crippen LogP contribution in [-0.2, 0) is 13.1 Å². The summed E-state index contributed by atoms with van der Waals surface area (Å²) in [6, 6.07) is 4.06. The van der Waals surface area contributed by atoms with Crippen molar-refractivity contribution >= 4 is 23.2 Å². The summed E-state index contributed by atoms with van der Waals surface area (Å²) < 4.78 is 1.89. The van der Waals surface area contributed by atoms with E-state index in [0.717, 1.165) is 23.5 Å². The van der Waals surface area contributed by atoms with Gasteiger partial charge in [0.25, 0.3) is 11.6 Å². The average molecular weight is 351 g/mol. The molecule has 1 aromatic carbocycles. The molecule has 0 radical (unpaired) electrons. The molecule has 1 amide bonds. The van der Waals surface area contributed by atoms with Gasteiger partial charge in [-0.05, 0) is 32.9 Å². The molecular formula is C16H19ClN4O3. The predicted molar refractivity (Wildman–Crippen MR) is 91.3 cm³/mol. The molecule has 0 aliphatic rings. The first kappa shape index (κ1) is 17.9. The molecule has 1 aromatic heterocycles. The topological polar surface area (TPSA) is 81.3 Å². The lowest BCUT2D eigenvalue weighted by molar-refractivity contribution is -0.384. The third-order valence-electron chi connectivity index (χ3n) is 3.96. The van der Waals surface area contributed by atoms with E-state index < -0.39 is 4.92 Å². The number of carbonyl (C=O) groups excluding carboxylic acids is 1. The lowest BCUT2D eigenvalue weighted by atomic mass is 10.1. The second-order valence-corrected chi connectivity index (χ2v) is 5.96. The smallest absolute Gasteiger partial charge is 0.288 e. The van der Waals surface area contributed by atoms with Crippen molar-refractivity contribution in [3.05, 3.63) is 55.9 Å². The molecule has 1 heterocycles. The summed E-state index contributed by atoms with van der Waals surface area (Å²) in [4.78, 5) is 24.5. The Morgan fingerprint density at radius 2 is 2.08 bits per heavy atom. The van der Waals surface area contributed by atoms with E-state index in [-0.39, 0.29) is 22.2 Å². The van der Waals surface area contributed by atoms with Crippen molar-refractivity contribution in [1.82, 2.24) is 14.7 Å². The number of aromatic nitrogens is 2. The van der Waals surface area contributed by atoms with Gasteiger partial charge < -0.3 is 4.90 Å². The average Bonchev–Trinajstić information content (AvgIpc) is 2.81. The largest absolute Gasteiger partial charge is 0.337 e. The number of carbonyl (C=O) groups is 1. The zero-order valence-corrected chi connectivity index (χ0v) is 14.8. The molecule has 7 nitrogen and oxygen atoms in total. The second-order valence-electron chi connectivity index (χ2n) is 5.55. The SMILES string of the molecule is CCn1nc(C)c(CN(C)C(=O)c2ccc(Cl)c([N+](=O)[O-])c2)c1C. The molecule has 0 N–H and O–H groups in total. The van der Waals surface area contributed by atoms with Crippen LogP contribution in [0.3, 0.4) is 0 Å². The number of benzene rings is 1. The fourth-order valence-electron chi connectivity index (χ4n) is 2.59. The molecule has 0 saturated heterocycles. The van der Waals surface area contributed by atoms with E-state index in [2.05, 4.69) is 5.10 Å². The van der Waals surface area contributed by atoms with E-state index in [1.807, 2.05) is 25.5 Å². The van der Waals surface area contributed by atoms with Crippen LogP contribution in [0, 0.1) is 24.0 Å². The third-order valence-corrected chi connectivity index (χ3v) is 4.28. The number of halogens is 1. The second kappa shape index (κ2) is 7.00. The maximum absolute atomic E-state index is 12.6. The molecule has 2 rings (SSSR count). The number of nitro benzene ring substituents is 1. The monoisotopic (exact) mass is 350 g/mol. The van der Waals surface area contributed by atoms with Gasteiger partial charge in [0.2, 0.25) is 0 Å². The highest BCUT2D eigenvalue weighted by Crippen LogP contribution is 2.26. The summed E-state index contributed by atoms with van der Waals surface area (Å²) in [5.74, 6) is -0.308. The highest BCUT2D eigenvalue weighted by Gasteiger charge is 2.20. The molecule has 0 saturated carbocycles. The Kier molecular flexibility index (Phi) is 5.23. The Bertz CT molecular complexity index is 801. The van der Waals surface area contributed by atoms with Gasteiger partial charge in [-0.3, -0.25) is 19.6 Å². The van der Waals surface area contributed by atoms with Gasteiger partial charge in [-0.25, -0.2) is 0 Å². The van der Waals surface area contributed by atoms with E-state index in [4.69, 9.17) is 11.6 Å². The van der Waals surface area contributed by atoms with E-state index >= 15 is 0 Å². The van der Waals surface area contributed by atoms with Crippen LogP contribution in [0.2, 0.25) is 5.02 Å². The number of amides is 1. The van der Waals surface area contributed by atoms with Gasteiger partial charge >= 0.3 is 0 Å². The molecule has 128 valence electrons. The number of rotatable bonds is 5. The Morgan fingerprint density at radius 3 is 2.62 bits per heavy atom. The van der Waals surface area contributed by atoms with Gasteiger partial charge in [0, 0.05) is 43.0 Å². The molecule has 0 spiro atoms. The molecule has 24 heavy (non-hydrogen) atoms. The lowest BCUT2D eigenvalue weighted by Crippen LogP contribution is -2.26. The normalized spacial score (nSPS) is 10.7. The van der Waals surface area contributed by atoms with E-state index in [1.165, 1.54) is 23.1 Å². The van der Waals surface area contributed by atoms with Crippen LogP contribution >= 0.6 is 11.6 Å². The Hall–Kier alpha value is -2.41. The quantitative estimate of drug-likeness (QED) is 0.611. The van der Waals surface area contributed by atoms with Crippen LogP contribution in [0.15, 0.2) is 18.2 Å². The summed E-state index contributed by atoms with van der Waals surface area (Å²) in [5.41, 5.74) is 2.82. The van der Waals surface area contributed by atoms with Crippen molar-refractivity contribution in [3.63, 3.8) is 0 Å². The Balaban J connectivity index is 2.26. The summed E-state index contributed by atoms with van der Waals surface area (Å²) in [6.45, 7) is 7.01. The van der Waals surface area contributed by atoms with Crippen LogP contribution < -0.4 is 0 Å². The molecule has 0 fully saturated rings. The third kappa shape index (κ3) is 3.41. The number of hydrogen-bond acceptors (Lipinski definition) is 4. The minimum atomic E-state index is -0.599. The van der Waals surface area contributed by atoms with Crippen molar-refractivity contribution in [1.29, 1.82) is 0 Å². The minimum absolute atomic E-state index is 0.00936. The molecule has 0 atom stereocenters. The minimum Gasteiger partial charge on any atom is -0.337 e. The lowest BCUT2D eigenvalue weighted by Gasteiger charge is -2.17. The Morgan fingerprint density at radius 1 is 1.42 bits per heavy atom. The number of nitro groups is 1. The van der Waals surface area contributed by atoms with Crippen LogP contribution in [0.5, 0.6) is 0 Å². The van der Waals surface area contributed by atoms with E-state index in [0.29, 0.717) is 6.54 Å². The van der Waals surface area contributed by atoms with Crippen LogP contribution in [-0.4, -0.2) is 32.6 Å². The summed E-state index contributed by atoms with van der Waals surface area (Å²) in [6.07, 6.45) is 0. The first-order valence-electron chi connectivity index (χ1n) is 7.48. The maximum Gasteiger partial charge on any atom is 0.288 e. The van der Waals surface area contributed by atoms with Gasteiger partial charge in [0.1, 0.15) is 5.02 Å². The first-order chi connectivity index (χ1) is 11.3. The van der Waals surface area contributed by atoms with Gasteiger partial charge in [-0.15, -0.1) is 0 Å². The van der Waals surface area contributed by atoms with Gasteiger partial charge in [0.05, 0.1) is 10.6 Å². The zero-order chi connectivity index (χ0) is 18.0. The van der Waals surface area contributed by atoms with Crippen molar-refractivity contribution < 1.29 is 9.72 Å². The maximum atomic E-state index is 12.6. The molecule has 8 heteroatoms. The fourth-order valence-corrected chi connectivity index (χ4v) is 2.77. The van der Waals surface area contributed by atoms with Crippen molar-refractivity contribution in [2.75, 3.05) is 7.05 Å². The van der Waals surface area contributed by atoms with Gasteiger partial charge in [-0.1, -0.05) is 11.6 Å². The zero-order valence-electron chi connectivity index (χ0n) is 14.0. The molecule has 2 aromatic rings. The standard InChI is InChI=1S/C16H19ClN4O3/c1-5-20-11(3)13(10(2)18-20)9-19(4)16(22)12-6-7-14(17)15(8-12)21(23)24/h6-8H,5,9H2,1-4H3. The van der Waals surface area contributed by atoms with E-state index in [1.54, 1.807) is 7.05 Å². The number of aryl methyl sites for hydroxylation is 2. The molecule has 0 aliphatic heterocycles. The van der Waals surface area contributed by atoms with Crippen molar-refractivity contribution in [2.45, 2.75) is 33.9 Å². The van der Waals surface area contributed by atoms with Gasteiger partial charge in [-0.2, -0.15) is 5.10 Å². The summed E-state index contributed by atoms with van der Waals surface area (Å²) in [5, 5.41) is 15.4. The van der Waals surface area contributed by atoms with Crippen LogP contribution in [0.1, 0.15) is 34.2 Å². The van der Waals surface area contributed by atoms with Crippen LogP contribution in [0.4, 0.5) is 5.69 Å². The Labute approximate surface area is 145 Å². The molecule has 0 unspecified atom stereocenters. The van der Waals surface area contributed by atoms with Crippen molar-refractivity contribution in [3.8, 4) is 0 Å². The fraction of sp³-hybridized carbons (Fsp3) is 0.375. The summed E-state index contributed by atoms with van der Waals surface area (Å²) in [7, 11) is 1.66.